The molecule has 0 aliphatic heterocycles. The van der Waals surface area contributed by atoms with E-state index in [1.54, 1.807) is 11.1 Å². The van der Waals surface area contributed by atoms with Crippen LogP contribution in [0.2, 0.25) is 0 Å². The van der Waals surface area contributed by atoms with Gasteiger partial charge in [-0.15, -0.1) is 0 Å². The lowest BCUT2D eigenvalue weighted by Crippen LogP contribution is -2.04. The fraction of sp³-hybridized carbons (Fsp3) is 0.571. The van der Waals surface area contributed by atoms with Gasteiger partial charge in [-0.3, -0.25) is 0 Å². The van der Waals surface area contributed by atoms with Crippen molar-refractivity contribution >= 4 is 5.69 Å². The highest BCUT2D eigenvalue weighted by molar-refractivity contribution is 5.50. The number of unbranched alkanes of at least 4 members (excludes halogenated alkanes) is 2. The molecular weight excluding hydrogens is 196 g/mol. The van der Waals surface area contributed by atoms with E-state index in [-0.39, 0.29) is 0 Å². The molecule has 0 saturated carbocycles. The summed E-state index contributed by atoms with van der Waals surface area (Å²) in [5, 5.41) is 3.49. The Morgan fingerprint density at radius 3 is 2.81 bits per heavy atom. The van der Waals surface area contributed by atoms with Gasteiger partial charge in [0.1, 0.15) is 0 Å². The van der Waals surface area contributed by atoms with Gasteiger partial charge in [0.25, 0.3) is 0 Å². The van der Waals surface area contributed by atoms with Crippen LogP contribution in [0.3, 0.4) is 0 Å². The summed E-state index contributed by atoms with van der Waals surface area (Å²) in [6, 6.07) is 6.82. The molecule has 1 aliphatic carbocycles. The average Bonchev–Trinajstić information content (AvgIpc) is 2.76. The Kier molecular flexibility index (Phi) is 4.23. The molecule has 0 saturated heterocycles. The minimum atomic E-state index is 0.818. The van der Waals surface area contributed by atoms with E-state index in [4.69, 9.17) is 5.73 Å². The molecule has 2 rings (SSSR count). The van der Waals surface area contributed by atoms with Crippen molar-refractivity contribution in [3.8, 4) is 0 Å². The molecule has 0 spiro atoms. The standard InChI is InChI=1S/C14H22N2/c15-9-2-1-3-10-16-14-8-7-12-5-4-6-13(12)11-14/h7-8,11,16H,1-6,9-10,15H2. The van der Waals surface area contributed by atoms with Crippen LogP contribution < -0.4 is 11.1 Å². The zero-order chi connectivity index (χ0) is 11.2. The smallest absolute Gasteiger partial charge is 0.0343 e. The van der Waals surface area contributed by atoms with E-state index in [2.05, 4.69) is 23.5 Å². The van der Waals surface area contributed by atoms with Crippen LogP contribution in [0.15, 0.2) is 18.2 Å². The minimum absolute atomic E-state index is 0.818. The van der Waals surface area contributed by atoms with Crippen LogP contribution in [-0.4, -0.2) is 13.1 Å². The molecule has 0 heterocycles. The molecule has 16 heavy (non-hydrogen) atoms. The van der Waals surface area contributed by atoms with E-state index in [0.717, 1.165) is 19.5 Å². The number of nitrogens with one attached hydrogen (secondary N) is 1. The lowest BCUT2D eigenvalue weighted by molar-refractivity contribution is 0.707. The maximum absolute atomic E-state index is 5.46. The highest BCUT2D eigenvalue weighted by atomic mass is 14.9. The van der Waals surface area contributed by atoms with Gasteiger partial charge >= 0.3 is 0 Å². The van der Waals surface area contributed by atoms with E-state index in [0.29, 0.717) is 0 Å². The maximum atomic E-state index is 5.46. The van der Waals surface area contributed by atoms with Crippen molar-refractivity contribution in [3.05, 3.63) is 29.3 Å². The van der Waals surface area contributed by atoms with Crippen molar-refractivity contribution in [1.29, 1.82) is 0 Å². The number of aryl methyl sites for hydroxylation is 2. The molecule has 1 aliphatic rings. The third-order valence-corrected chi connectivity index (χ3v) is 3.31. The van der Waals surface area contributed by atoms with Crippen molar-refractivity contribution < 1.29 is 0 Å². The van der Waals surface area contributed by atoms with Crippen molar-refractivity contribution in [1.82, 2.24) is 0 Å². The van der Waals surface area contributed by atoms with Gasteiger partial charge in [-0.2, -0.15) is 0 Å². The first-order chi connectivity index (χ1) is 7.90. The molecule has 0 atom stereocenters. The fourth-order valence-electron chi connectivity index (χ4n) is 2.36. The topological polar surface area (TPSA) is 38.0 Å². The first kappa shape index (κ1) is 11.5. The van der Waals surface area contributed by atoms with Gasteiger partial charge in [0.15, 0.2) is 0 Å². The van der Waals surface area contributed by atoms with Crippen LogP contribution in [-0.2, 0) is 12.8 Å². The van der Waals surface area contributed by atoms with Crippen molar-refractivity contribution in [2.75, 3.05) is 18.4 Å². The second-order valence-electron chi connectivity index (χ2n) is 4.61. The summed E-state index contributed by atoms with van der Waals surface area (Å²) < 4.78 is 0. The van der Waals surface area contributed by atoms with Gasteiger partial charge in [-0.25, -0.2) is 0 Å². The SMILES string of the molecule is NCCCCCNc1ccc2c(c1)CCC2. The highest BCUT2D eigenvalue weighted by Crippen LogP contribution is 2.24. The molecule has 3 N–H and O–H groups in total. The number of fused-ring (bicyclic) bond motifs is 1. The van der Waals surface area contributed by atoms with Crippen LogP contribution in [0, 0.1) is 0 Å². The third-order valence-electron chi connectivity index (χ3n) is 3.31. The molecule has 2 nitrogen and oxygen atoms in total. The molecule has 0 aromatic heterocycles. The molecule has 0 radical (unpaired) electrons. The number of anilines is 1. The first-order valence-electron chi connectivity index (χ1n) is 6.46. The average molecular weight is 218 g/mol. The van der Waals surface area contributed by atoms with Gasteiger partial charge in [-0.05, 0) is 61.9 Å². The Balaban J connectivity index is 1.77. The Morgan fingerprint density at radius 1 is 1.06 bits per heavy atom. The molecular formula is C14H22N2. The lowest BCUT2D eigenvalue weighted by Gasteiger charge is -2.08. The number of benzene rings is 1. The molecule has 0 bridgehead atoms. The van der Waals surface area contributed by atoms with Gasteiger partial charge in [0.05, 0.1) is 0 Å². The normalized spacial score (nSPS) is 13.8. The zero-order valence-electron chi connectivity index (χ0n) is 9.97. The summed E-state index contributed by atoms with van der Waals surface area (Å²) in [6.07, 6.45) is 7.45. The quantitative estimate of drug-likeness (QED) is 0.720. The first-order valence-corrected chi connectivity index (χ1v) is 6.46. The van der Waals surface area contributed by atoms with Gasteiger partial charge in [-0.1, -0.05) is 12.5 Å². The predicted octanol–water partition coefficient (Wildman–Crippen LogP) is 2.72. The highest BCUT2D eigenvalue weighted by Gasteiger charge is 2.10. The largest absolute Gasteiger partial charge is 0.385 e. The summed E-state index contributed by atoms with van der Waals surface area (Å²) in [7, 11) is 0. The van der Waals surface area contributed by atoms with Crippen LogP contribution in [0.4, 0.5) is 5.69 Å². The molecule has 88 valence electrons. The van der Waals surface area contributed by atoms with E-state index in [9.17, 15) is 0 Å². The number of rotatable bonds is 6. The predicted molar refractivity (Wildman–Crippen MR) is 69.9 cm³/mol. The number of nitrogens with two attached hydrogens (primary N) is 1. The summed E-state index contributed by atoms with van der Waals surface area (Å²) in [5.74, 6) is 0. The molecule has 1 aromatic carbocycles. The molecule has 0 amide bonds. The van der Waals surface area contributed by atoms with Crippen molar-refractivity contribution in [2.24, 2.45) is 5.73 Å². The summed E-state index contributed by atoms with van der Waals surface area (Å²) in [5.41, 5.74) is 9.85. The third kappa shape index (κ3) is 2.99. The Labute approximate surface area is 98.2 Å². The van der Waals surface area contributed by atoms with E-state index < -0.39 is 0 Å². The second kappa shape index (κ2) is 5.90. The Hall–Kier alpha value is -1.02. The van der Waals surface area contributed by atoms with Gasteiger partial charge in [0, 0.05) is 12.2 Å². The fourth-order valence-corrected chi connectivity index (χ4v) is 2.36. The Morgan fingerprint density at radius 2 is 1.94 bits per heavy atom. The van der Waals surface area contributed by atoms with Crippen LogP contribution in [0.1, 0.15) is 36.8 Å². The minimum Gasteiger partial charge on any atom is -0.385 e. The number of hydrogen-bond donors (Lipinski definition) is 2. The lowest BCUT2D eigenvalue weighted by atomic mass is 10.1. The second-order valence-corrected chi connectivity index (χ2v) is 4.61. The molecule has 1 aromatic rings. The van der Waals surface area contributed by atoms with Gasteiger partial charge < -0.3 is 11.1 Å². The maximum Gasteiger partial charge on any atom is 0.0343 e. The zero-order valence-corrected chi connectivity index (χ0v) is 9.97. The van der Waals surface area contributed by atoms with Crippen molar-refractivity contribution in [3.63, 3.8) is 0 Å². The van der Waals surface area contributed by atoms with Crippen molar-refractivity contribution in [2.45, 2.75) is 38.5 Å². The Bertz CT molecular complexity index is 334. The monoisotopic (exact) mass is 218 g/mol. The number of hydrogen-bond acceptors (Lipinski definition) is 2. The molecule has 0 unspecified atom stereocenters. The van der Waals surface area contributed by atoms with Crippen LogP contribution in [0.5, 0.6) is 0 Å². The van der Waals surface area contributed by atoms with Crippen LogP contribution in [0.25, 0.3) is 0 Å². The summed E-state index contributed by atoms with van der Waals surface area (Å²) >= 11 is 0. The van der Waals surface area contributed by atoms with Crippen LogP contribution >= 0.6 is 0 Å². The molecule has 2 heteroatoms. The van der Waals surface area contributed by atoms with Gasteiger partial charge in [0.2, 0.25) is 0 Å². The summed E-state index contributed by atoms with van der Waals surface area (Å²) in [6.45, 7) is 1.89. The van der Waals surface area contributed by atoms with E-state index in [1.807, 2.05) is 0 Å². The molecule has 0 fully saturated rings. The van der Waals surface area contributed by atoms with E-state index >= 15 is 0 Å². The van der Waals surface area contributed by atoms with E-state index in [1.165, 1.54) is 37.8 Å². The summed E-state index contributed by atoms with van der Waals surface area (Å²) in [4.78, 5) is 0.